The van der Waals surface area contributed by atoms with Gasteiger partial charge >= 0.3 is 0 Å². The molecule has 170 valence electrons. The fraction of sp³-hybridized carbons (Fsp3) is 0.464. The van der Waals surface area contributed by atoms with E-state index in [4.69, 9.17) is 5.11 Å². The maximum Gasteiger partial charge on any atom is 0.133 e. The van der Waals surface area contributed by atoms with Crippen molar-refractivity contribution in [1.82, 2.24) is 0 Å². The minimum Gasteiger partial charge on any atom is -0.384 e. The van der Waals surface area contributed by atoms with Crippen LogP contribution in [0, 0.1) is 17.9 Å². The van der Waals surface area contributed by atoms with Crippen LogP contribution in [0.4, 0.5) is 0 Å². The third-order valence-corrected chi connectivity index (χ3v) is 4.56. The van der Waals surface area contributed by atoms with Gasteiger partial charge in [0, 0.05) is 18.9 Å². The first-order valence-electron chi connectivity index (χ1n) is 11.4. The highest BCUT2D eigenvalue weighted by atomic mass is 16.2. The van der Waals surface area contributed by atoms with Crippen LogP contribution in [0.25, 0.3) is 12.2 Å². The number of aliphatic hydroxyl groups is 1. The Bertz CT molecular complexity index is 763. The molecule has 3 N–H and O–H groups in total. The Morgan fingerprint density at radius 1 is 1.26 bits per heavy atom. The van der Waals surface area contributed by atoms with E-state index < -0.39 is 0 Å². The van der Waals surface area contributed by atoms with Gasteiger partial charge in [0.15, 0.2) is 0 Å². The number of ketones is 1. The van der Waals surface area contributed by atoms with Crippen LogP contribution >= 0.6 is 0 Å². The van der Waals surface area contributed by atoms with Crippen LogP contribution in [0.15, 0.2) is 48.1 Å². The number of hydrogen-bond acceptors (Lipinski definition) is 3. The van der Waals surface area contributed by atoms with Gasteiger partial charge in [-0.1, -0.05) is 86.4 Å². The van der Waals surface area contributed by atoms with Crippen LogP contribution in [0.2, 0.25) is 0 Å². The number of benzene rings is 1. The van der Waals surface area contributed by atoms with E-state index in [1.54, 1.807) is 0 Å². The maximum atomic E-state index is 11.2. The maximum absolute atomic E-state index is 11.2. The number of nitrogens with two attached hydrogens (primary N) is 1. The molecule has 0 unspecified atom stereocenters. The minimum atomic E-state index is -0.142. The summed E-state index contributed by atoms with van der Waals surface area (Å²) in [5.74, 6) is 3.13. The molecular weight excluding hydrogens is 382 g/mol. The average Bonchev–Trinajstić information content (AvgIpc) is 3.16. The lowest BCUT2D eigenvalue weighted by molar-refractivity contribution is -0.117. The molecule has 0 amide bonds. The highest BCUT2D eigenvalue weighted by molar-refractivity contribution is 5.80. The first kappa shape index (κ1) is 28.4. The van der Waals surface area contributed by atoms with Crippen molar-refractivity contribution in [2.75, 3.05) is 6.61 Å². The summed E-state index contributed by atoms with van der Waals surface area (Å²) in [6, 6.07) is 10.5. The summed E-state index contributed by atoms with van der Waals surface area (Å²) >= 11 is 0. The van der Waals surface area contributed by atoms with Gasteiger partial charge in [-0.05, 0) is 56.6 Å². The Balaban J connectivity index is 0.000000968. The number of allylic oxidation sites excluding steroid dienone is 4. The number of Topliss-reactive ketones (excluding diaryl/α,β-unsaturated/α-hetero) is 1. The largest absolute Gasteiger partial charge is 0.384 e. The van der Waals surface area contributed by atoms with Crippen molar-refractivity contribution in [1.29, 1.82) is 0 Å². The summed E-state index contributed by atoms with van der Waals surface area (Å²) in [7, 11) is 0. The van der Waals surface area contributed by atoms with Crippen LogP contribution in [0.3, 0.4) is 0 Å². The number of carbonyl (C=O) groups is 1. The molecule has 1 aromatic carbocycles. The number of carbonyl (C=O) groups excluding carboxylic acids is 1. The quantitative estimate of drug-likeness (QED) is 0.227. The van der Waals surface area contributed by atoms with E-state index in [-0.39, 0.29) is 6.61 Å². The second-order valence-corrected chi connectivity index (χ2v) is 7.67. The molecule has 3 heteroatoms. The Labute approximate surface area is 190 Å². The zero-order valence-corrected chi connectivity index (χ0v) is 19.9. The molecule has 0 aliphatic heterocycles. The molecule has 0 heterocycles. The molecule has 3 nitrogen and oxygen atoms in total. The van der Waals surface area contributed by atoms with E-state index in [0.29, 0.717) is 11.7 Å². The molecule has 0 aromatic heterocycles. The lowest BCUT2D eigenvalue weighted by Crippen LogP contribution is -1.90. The predicted molar refractivity (Wildman–Crippen MR) is 135 cm³/mol. The summed E-state index contributed by atoms with van der Waals surface area (Å²) in [5.41, 5.74) is 8.61. The number of hydrogen-bond donors (Lipinski definition) is 2. The number of unbranched alkanes of at least 4 members (excludes halogenated alkanes) is 1. The summed E-state index contributed by atoms with van der Waals surface area (Å²) in [6.45, 7) is 8.37. The Morgan fingerprint density at radius 3 is 2.45 bits per heavy atom. The van der Waals surface area contributed by atoms with Crippen molar-refractivity contribution >= 4 is 17.9 Å². The third-order valence-electron chi connectivity index (χ3n) is 4.56. The zero-order valence-electron chi connectivity index (χ0n) is 19.9. The Hall–Kier alpha value is -2.57. The van der Waals surface area contributed by atoms with Crippen LogP contribution < -0.4 is 5.73 Å². The van der Waals surface area contributed by atoms with E-state index in [2.05, 4.69) is 94.0 Å². The van der Waals surface area contributed by atoms with Gasteiger partial charge in [-0.2, -0.15) is 0 Å². The van der Waals surface area contributed by atoms with Gasteiger partial charge in [-0.25, -0.2) is 0 Å². The molecule has 1 aromatic rings. The highest BCUT2D eigenvalue weighted by Crippen LogP contribution is 2.23. The van der Waals surface area contributed by atoms with E-state index in [9.17, 15) is 4.79 Å². The van der Waals surface area contributed by atoms with Gasteiger partial charge < -0.3 is 10.8 Å². The molecule has 0 spiro atoms. The molecule has 1 atom stereocenters. The Morgan fingerprint density at radius 2 is 1.94 bits per heavy atom. The predicted octanol–water partition coefficient (Wildman–Crippen LogP) is 6.53. The molecule has 1 aliphatic rings. The molecule has 1 aliphatic carbocycles. The van der Waals surface area contributed by atoms with E-state index in [0.717, 1.165) is 32.1 Å². The first-order valence-corrected chi connectivity index (χ1v) is 11.4. The van der Waals surface area contributed by atoms with Crippen LogP contribution in [-0.4, -0.2) is 17.5 Å². The number of aliphatic hydroxyl groups excluding tert-OH is 1. The standard InChI is InChI=1S/C22H28O.C3H5NO.C3H8/c1-3-9-20-12-7-8-13-21(20)16-18(2)10-5-4-6-11-19-14-15-22(23)17-19;4-2-1-3-5;1-3-2/h3,6-9,11-13,16,19H,4-5,10,14-15,17H2,1-2H3;5H,3-4H2;3H2,1-2H3/b9-3-,11-6+,18-16+;;/t19-;;/m0../s1. The van der Waals surface area contributed by atoms with E-state index in [1.165, 1.54) is 29.5 Å². The first-order chi connectivity index (χ1) is 15.0. The lowest BCUT2D eigenvalue weighted by Gasteiger charge is -2.04. The molecule has 1 saturated carbocycles. The van der Waals surface area contributed by atoms with E-state index >= 15 is 0 Å². The SMILES string of the molecule is C/C=C\c1ccccc1/C=C(\C)CCC/C=C/[C@H]1CCC(=O)C1.CCC.NC#CCO. The number of rotatable bonds is 7. The smallest absolute Gasteiger partial charge is 0.133 e. The molecule has 2 rings (SSSR count). The molecular formula is C28H41NO2. The van der Waals surface area contributed by atoms with Gasteiger partial charge in [-0.15, -0.1) is 0 Å². The molecule has 0 saturated heterocycles. The van der Waals surface area contributed by atoms with E-state index in [1.807, 2.05) is 6.04 Å². The average molecular weight is 424 g/mol. The van der Waals surface area contributed by atoms with Crippen molar-refractivity contribution in [3.05, 3.63) is 59.2 Å². The Kier molecular flexibility index (Phi) is 17.8. The normalized spacial score (nSPS) is 15.7. The van der Waals surface area contributed by atoms with Gasteiger partial charge in [0.25, 0.3) is 0 Å². The van der Waals surface area contributed by atoms with Crippen molar-refractivity contribution in [2.24, 2.45) is 11.7 Å². The van der Waals surface area contributed by atoms with Crippen LogP contribution in [0.1, 0.15) is 83.8 Å². The molecule has 1 fully saturated rings. The van der Waals surface area contributed by atoms with Crippen molar-refractivity contribution in [3.8, 4) is 12.0 Å². The summed E-state index contributed by atoms with van der Waals surface area (Å²) in [4.78, 5) is 11.2. The minimum absolute atomic E-state index is 0.142. The molecule has 0 radical (unpaired) electrons. The zero-order chi connectivity index (χ0) is 23.3. The second kappa shape index (κ2) is 19.4. The fourth-order valence-electron chi connectivity index (χ4n) is 3.15. The van der Waals surface area contributed by atoms with Crippen LogP contribution in [-0.2, 0) is 4.79 Å². The summed E-state index contributed by atoms with van der Waals surface area (Å²) in [6.07, 6.45) is 18.3. The molecule has 0 bridgehead atoms. The summed E-state index contributed by atoms with van der Waals surface area (Å²) in [5, 5.41) is 7.81. The third kappa shape index (κ3) is 15.0. The van der Waals surface area contributed by atoms with Crippen molar-refractivity contribution in [2.45, 2.75) is 72.6 Å². The lowest BCUT2D eigenvalue weighted by atomic mass is 10.0. The van der Waals surface area contributed by atoms with Crippen molar-refractivity contribution < 1.29 is 9.90 Å². The fourth-order valence-corrected chi connectivity index (χ4v) is 3.15. The van der Waals surface area contributed by atoms with Gasteiger partial charge in [-0.3, -0.25) is 4.79 Å². The van der Waals surface area contributed by atoms with Gasteiger partial charge in [0.2, 0.25) is 0 Å². The van der Waals surface area contributed by atoms with Crippen molar-refractivity contribution in [3.63, 3.8) is 0 Å². The monoisotopic (exact) mass is 423 g/mol. The topological polar surface area (TPSA) is 63.3 Å². The van der Waals surface area contributed by atoms with Crippen LogP contribution in [0.5, 0.6) is 0 Å². The second-order valence-electron chi connectivity index (χ2n) is 7.67. The molecule has 31 heavy (non-hydrogen) atoms. The highest BCUT2D eigenvalue weighted by Gasteiger charge is 2.18. The van der Waals surface area contributed by atoms with Gasteiger partial charge in [0.1, 0.15) is 12.4 Å². The van der Waals surface area contributed by atoms with Gasteiger partial charge in [0.05, 0.1) is 0 Å². The summed E-state index contributed by atoms with van der Waals surface area (Å²) < 4.78 is 0.